The first-order valence-corrected chi connectivity index (χ1v) is 8.00. The summed E-state index contributed by atoms with van der Waals surface area (Å²) in [4.78, 5) is 0. The molecule has 2 aromatic rings. The average molecular weight is 283 g/mol. The van der Waals surface area contributed by atoms with Crippen LogP contribution in [0.5, 0.6) is 0 Å². The maximum Gasteiger partial charge on any atom is 0.0707 e. The fourth-order valence-corrected chi connectivity index (χ4v) is 3.71. The predicted octanol–water partition coefficient (Wildman–Crippen LogP) is 3.78. The van der Waals surface area contributed by atoms with Crippen LogP contribution < -0.4 is 5.32 Å². The van der Waals surface area contributed by atoms with Crippen molar-refractivity contribution in [1.29, 1.82) is 0 Å². The molecule has 0 fully saturated rings. The SMILES string of the molecule is CCNC1CCCc2c1cnn2-c1c(C)cc(C)cc1C. The molecule has 0 bridgehead atoms. The number of nitrogens with one attached hydrogen (secondary N) is 1. The molecule has 0 radical (unpaired) electrons. The minimum absolute atomic E-state index is 0.471. The maximum atomic E-state index is 4.73. The van der Waals surface area contributed by atoms with Gasteiger partial charge in [-0.25, -0.2) is 4.68 Å². The fraction of sp³-hybridized carbons (Fsp3) is 0.500. The molecule has 1 N–H and O–H groups in total. The Balaban J connectivity index is 2.10. The van der Waals surface area contributed by atoms with Gasteiger partial charge in [0, 0.05) is 17.3 Å². The number of aryl methyl sites for hydroxylation is 3. The smallest absolute Gasteiger partial charge is 0.0707 e. The molecule has 1 aliphatic rings. The lowest BCUT2D eigenvalue weighted by molar-refractivity contribution is 0.467. The molecule has 112 valence electrons. The molecule has 3 heteroatoms. The molecule has 0 saturated heterocycles. The molecule has 1 heterocycles. The van der Waals surface area contributed by atoms with Gasteiger partial charge in [0.1, 0.15) is 0 Å². The van der Waals surface area contributed by atoms with E-state index in [4.69, 9.17) is 5.10 Å². The van der Waals surface area contributed by atoms with E-state index in [1.807, 2.05) is 0 Å². The van der Waals surface area contributed by atoms with E-state index >= 15 is 0 Å². The quantitative estimate of drug-likeness (QED) is 0.929. The highest BCUT2D eigenvalue weighted by molar-refractivity contribution is 5.50. The van der Waals surface area contributed by atoms with E-state index in [0.717, 1.165) is 13.0 Å². The third-order valence-corrected chi connectivity index (χ3v) is 4.48. The Morgan fingerprint density at radius 2 is 1.95 bits per heavy atom. The van der Waals surface area contributed by atoms with Gasteiger partial charge in [-0.15, -0.1) is 0 Å². The van der Waals surface area contributed by atoms with Crippen molar-refractivity contribution >= 4 is 0 Å². The molecule has 3 rings (SSSR count). The van der Waals surface area contributed by atoms with Gasteiger partial charge in [0.05, 0.1) is 11.9 Å². The molecule has 0 amide bonds. The molecule has 0 spiro atoms. The van der Waals surface area contributed by atoms with E-state index < -0.39 is 0 Å². The topological polar surface area (TPSA) is 29.9 Å². The van der Waals surface area contributed by atoms with E-state index in [2.05, 4.69) is 56.0 Å². The van der Waals surface area contributed by atoms with Gasteiger partial charge < -0.3 is 5.32 Å². The summed E-state index contributed by atoms with van der Waals surface area (Å²) in [6.45, 7) is 9.72. The summed E-state index contributed by atoms with van der Waals surface area (Å²) >= 11 is 0. The van der Waals surface area contributed by atoms with Crippen LogP contribution >= 0.6 is 0 Å². The fourth-order valence-electron chi connectivity index (χ4n) is 3.71. The first-order valence-electron chi connectivity index (χ1n) is 8.00. The van der Waals surface area contributed by atoms with Crippen molar-refractivity contribution in [2.75, 3.05) is 6.54 Å². The van der Waals surface area contributed by atoms with E-state index in [1.54, 1.807) is 0 Å². The van der Waals surface area contributed by atoms with Gasteiger partial charge in [-0.05, 0) is 57.7 Å². The van der Waals surface area contributed by atoms with Gasteiger partial charge in [-0.1, -0.05) is 24.6 Å². The minimum Gasteiger partial charge on any atom is -0.310 e. The molecule has 1 atom stereocenters. The first kappa shape index (κ1) is 14.3. The lowest BCUT2D eigenvalue weighted by Crippen LogP contribution is -2.25. The monoisotopic (exact) mass is 283 g/mol. The summed E-state index contributed by atoms with van der Waals surface area (Å²) in [6, 6.07) is 4.97. The van der Waals surface area contributed by atoms with Crippen LogP contribution in [0.15, 0.2) is 18.3 Å². The van der Waals surface area contributed by atoms with E-state index in [0.29, 0.717) is 6.04 Å². The Kier molecular flexibility index (Phi) is 3.85. The molecule has 1 aromatic heterocycles. The van der Waals surface area contributed by atoms with E-state index in [1.165, 1.54) is 46.5 Å². The number of nitrogens with zero attached hydrogens (tertiary/aromatic N) is 2. The number of hydrogen-bond donors (Lipinski definition) is 1. The zero-order chi connectivity index (χ0) is 15.0. The molecule has 1 unspecified atom stereocenters. The Labute approximate surface area is 127 Å². The van der Waals surface area contributed by atoms with Crippen molar-refractivity contribution in [3.8, 4) is 5.69 Å². The lowest BCUT2D eigenvalue weighted by atomic mass is 9.92. The van der Waals surface area contributed by atoms with Gasteiger partial charge in [0.2, 0.25) is 0 Å². The molecular formula is C18H25N3. The van der Waals surface area contributed by atoms with Crippen molar-refractivity contribution in [2.24, 2.45) is 0 Å². The highest BCUT2D eigenvalue weighted by atomic mass is 15.3. The third kappa shape index (κ3) is 2.51. The number of rotatable bonds is 3. The van der Waals surface area contributed by atoms with Crippen LogP contribution in [0, 0.1) is 20.8 Å². The normalized spacial score (nSPS) is 17.8. The molecule has 21 heavy (non-hydrogen) atoms. The minimum atomic E-state index is 0.471. The highest BCUT2D eigenvalue weighted by Gasteiger charge is 2.24. The molecule has 0 aliphatic heterocycles. The van der Waals surface area contributed by atoms with Crippen molar-refractivity contribution in [3.63, 3.8) is 0 Å². The van der Waals surface area contributed by atoms with Gasteiger partial charge in [0.25, 0.3) is 0 Å². The van der Waals surface area contributed by atoms with Gasteiger partial charge in [-0.3, -0.25) is 0 Å². The van der Waals surface area contributed by atoms with Crippen LogP contribution in [-0.2, 0) is 6.42 Å². The average Bonchev–Trinajstić information content (AvgIpc) is 2.83. The lowest BCUT2D eigenvalue weighted by Gasteiger charge is -2.24. The van der Waals surface area contributed by atoms with Crippen LogP contribution in [0.3, 0.4) is 0 Å². The molecule has 1 aliphatic carbocycles. The summed E-state index contributed by atoms with van der Waals surface area (Å²) in [5, 5.41) is 8.32. The molecule has 3 nitrogen and oxygen atoms in total. The second-order valence-electron chi connectivity index (χ2n) is 6.21. The zero-order valence-corrected chi connectivity index (χ0v) is 13.5. The van der Waals surface area contributed by atoms with Crippen molar-refractivity contribution in [1.82, 2.24) is 15.1 Å². The van der Waals surface area contributed by atoms with Crippen LogP contribution in [0.1, 0.15) is 53.8 Å². The van der Waals surface area contributed by atoms with Crippen LogP contribution in [0.2, 0.25) is 0 Å². The zero-order valence-electron chi connectivity index (χ0n) is 13.5. The number of aromatic nitrogens is 2. The summed E-state index contributed by atoms with van der Waals surface area (Å²) < 4.78 is 2.18. The summed E-state index contributed by atoms with van der Waals surface area (Å²) in [6.07, 6.45) is 5.66. The Hall–Kier alpha value is -1.61. The highest BCUT2D eigenvalue weighted by Crippen LogP contribution is 2.32. The largest absolute Gasteiger partial charge is 0.310 e. The van der Waals surface area contributed by atoms with E-state index in [9.17, 15) is 0 Å². The third-order valence-electron chi connectivity index (χ3n) is 4.48. The van der Waals surface area contributed by atoms with Crippen molar-refractivity contribution in [2.45, 2.75) is 53.0 Å². The Morgan fingerprint density at radius 1 is 1.24 bits per heavy atom. The Bertz CT molecular complexity index is 631. The second kappa shape index (κ2) is 5.64. The van der Waals surface area contributed by atoms with Crippen LogP contribution in [0.4, 0.5) is 0 Å². The molecule has 0 saturated carbocycles. The maximum absolute atomic E-state index is 4.73. The summed E-state index contributed by atoms with van der Waals surface area (Å²) in [5.41, 5.74) is 7.98. The standard InChI is InChI=1S/C18H25N3/c1-5-19-16-7-6-8-17-15(16)11-20-21(17)18-13(3)9-12(2)10-14(18)4/h9-11,16,19H,5-8H2,1-4H3. The van der Waals surface area contributed by atoms with E-state index in [-0.39, 0.29) is 0 Å². The number of benzene rings is 1. The molecule has 1 aromatic carbocycles. The van der Waals surface area contributed by atoms with Crippen molar-refractivity contribution < 1.29 is 0 Å². The first-order chi connectivity index (χ1) is 10.1. The van der Waals surface area contributed by atoms with Crippen molar-refractivity contribution in [3.05, 3.63) is 46.3 Å². The second-order valence-corrected chi connectivity index (χ2v) is 6.21. The van der Waals surface area contributed by atoms with Crippen LogP contribution in [-0.4, -0.2) is 16.3 Å². The van der Waals surface area contributed by atoms with Gasteiger partial charge >= 0.3 is 0 Å². The number of fused-ring (bicyclic) bond motifs is 1. The summed E-state index contributed by atoms with van der Waals surface area (Å²) in [7, 11) is 0. The van der Waals surface area contributed by atoms with Gasteiger partial charge in [0.15, 0.2) is 0 Å². The predicted molar refractivity (Wildman–Crippen MR) is 87.1 cm³/mol. The Morgan fingerprint density at radius 3 is 2.62 bits per heavy atom. The molecular weight excluding hydrogens is 258 g/mol. The van der Waals surface area contributed by atoms with Crippen LogP contribution in [0.25, 0.3) is 5.69 Å². The number of hydrogen-bond acceptors (Lipinski definition) is 2. The summed E-state index contributed by atoms with van der Waals surface area (Å²) in [5.74, 6) is 0. The van der Waals surface area contributed by atoms with Gasteiger partial charge in [-0.2, -0.15) is 5.10 Å².